The molecule has 0 unspecified atom stereocenters. The van der Waals surface area contributed by atoms with Gasteiger partial charge >= 0.3 is 0 Å². The first kappa shape index (κ1) is 11.4. The fourth-order valence-corrected chi connectivity index (χ4v) is 1.32. The first-order valence-electron chi connectivity index (χ1n) is 5.12. The molecule has 17 heavy (non-hydrogen) atoms. The maximum absolute atomic E-state index is 13.2. The predicted molar refractivity (Wildman–Crippen MR) is 59.7 cm³/mol. The summed E-state index contributed by atoms with van der Waals surface area (Å²) in [7, 11) is 0. The van der Waals surface area contributed by atoms with E-state index < -0.39 is 0 Å². The highest BCUT2D eigenvalue weighted by molar-refractivity contribution is 5.94. The number of hydrogen-bond donors (Lipinski definition) is 0. The van der Waals surface area contributed by atoms with Crippen molar-refractivity contribution in [3.8, 4) is 5.75 Å². The van der Waals surface area contributed by atoms with Crippen molar-refractivity contribution in [2.24, 2.45) is 0 Å². The third-order valence-corrected chi connectivity index (χ3v) is 2.31. The lowest BCUT2D eigenvalue weighted by Crippen LogP contribution is -2.10. The van der Waals surface area contributed by atoms with Gasteiger partial charge in [-0.25, -0.2) is 4.39 Å². The van der Waals surface area contributed by atoms with E-state index in [2.05, 4.69) is 0 Å². The number of hydrogen-bond acceptors (Lipinski definition) is 3. The molecule has 0 radical (unpaired) electrons. The van der Waals surface area contributed by atoms with Gasteiger partial charge in [0.2, 0.25) is 5.78 Å². The highest BCUT2D eigenvalue weighted by Gasteiger charge is 2.09. The molecule has 0 fully saturated rings. The lowest BCUT2D eigenvalue weighted by molar-refractivity contribution is 0.0893. The van der Waals surface area contributed by atoms with Crippen molar-refractivity contribution in [2.75, 3.05) is 6.61 Å². The van der Waals surface area contributed by atoms with Gasteiger partial charge in [0, 0.05) is 6.07 Å². The van der Waals surface area contributed by atoms with Crippen LogP contribution in [0.15, 0.2) is 41.0 Å². The van der Waals surface area contributed by atoms with E-state index in [-0.39, 0.29) is 24.0 Å². The highest BCUT2D eigenvalue weighted by Crippen LogP contribution is 2.16. The minimum Gasteiger partial charge on any atom is -0.485 e. The molecular formula is C13H11FO3. The molecule has 0 aliphatic carbocycles. The number of ketones is 1. The molecule has 2 rings (SSSR count). The molecule has 0 saturated heterocycles. The topological polar surface area (TPSA) is 39.4 Å². The Kier molecular flexibility index (Phi) is 3.23. The smallest absolute Gasteiger partial charge is 0.235 e. The van der Waals surface area contributed by atoms with Crippen LogP contribution in [0.4, 0.5) is 4.39 Å². The minimum atomic E-state index is -0.354. The summed E-state index contributed by atoms with van der Waals surface area (Å²) >= 11 is 0. The van der Waals surface area contributed by atoms with Crippen molar-refractivity contribution in [2.45, 2.75) is 6.92 Å². The van der Waals surface area contributed by atoms with E-state index in [9.17, 15) is 9.18 Å². The van der Waals surface area contributed by atoms with Crippen LogP contribution in [0, 0.1) is 12.7 Å². The van der Waals surface area contributed by atoms with Gasteiger partial charge in [0.25, 0.3) is 0 Å². The molecule has 0 N–H and O–H groups in total. The van der Waals surface area contributed by atoms with Gasteiger partial charge < -0.3 is 9.15 Å². The van der Waals surface area contributed by atoms with E-state index in [1.54, 1.807) is 31.2 Å². The van der Waals surface area contributed by atoms with Crippen molar-refractivity contribution in [3.05, 3.63) is 53.7 Å². The third kappa shape index (κ3) is 2.72. The summed E-state index contributed by atoms with van der Waals surface area (Å²) in [5, 5.41) is 0. The van der Waals surface area contributed by atoms with E-state index in [1.165, 1.54) is 12.3 Å². The summed E-state index contributed by atoms with van der Waals surface area (Å²) < 4.78 is 23.3. The molecule has 0 aliphatic heterocycles. The Hall–Kier alpha value is -2.10. The Morgan fingerprint density at radius 1 is 1.41 bits per heavy atom. The normalized spacial score (nSPS) is 10.2. The molecule has 1 aromatic heterocycles. The van der Waals surface area contributed by atoms with Crippen LogP contribution in [-0.4, -0.2) is 12.4 Å². The van der Waals surface area contributed by atoms with Gasteiger partial charge in [0.05, 0.1) is 6.26 Å². The average Bonchev–Trinajstić information content (AvgIpc) is 2.84. The molecule has 4 heteroatoms. The second-order valence-corrected chi connectivity index (χ2v) is 3.60. The van der Waals surface area contributed by atoms with Crippen molar-refractivity contribution in [1.82, 2.24) is 0 Å². The number of Topliss-reactive ketones (excluding diaryl/α,β-unsaturated/α-hetero) is 1. The predicted octanol–water partition coefficient (Wildman–Crippen LogP) is 2.99. The number of furan rings is 1. The van der Waals surface area contributed by atoms with Crippen LogP contribution in [-0.2, 0) is 0 Å². The highest BCUT2D eigenvalue weighted by atomic mass is 19.1. The molecule has 0 atom stereocenters. The van der Waals surface area contributed by atoms with Crippen LogP contribution in [0.2, 0.25) is 0 Å². The second-order valence-electron chi connectivity index (χ2n) is 3.60. The van der Waals surface area contributed by atoms with Crippen LogP contribution in [0.3, 0.4) is 0 Å². The van der Waals surface area contributed by atoms with Gasteiger partial charge in [0.1, 0.15) is 11.6 Å². The van der Waals surface area contributed by atoms with Crippen molar-refractivity contribution in [1.29, 1.82) is 0 Å². The zero-order chi connectivity index (χ0) is 12.3. The number of carbonyl (C=O) groups is 1. The van der Waals surface area contributed by atoms with Crippen molar-refractivity contribution < 1.29 is 18.3 Å². The number of aryl methyl sites for hydroxylation is 1. The molecule has 1 aromatic carbocycles. The molecule has 3 nitrogen and oxygen atoms in total. The van der Waals surface area contributed by atoms with Gasteiger partial charge in [-0.15, -0.1) is 0 Å². The molecule has 0 amide bonds. The fourth-order valence-electron chi connectivity index (χ4n) is 1.32. The number of ether oxygens (including phenoxy) is 1. The molecule has 0 bridgehead atoms. The number of halogens is 1. The Balaban J connectivity index is 1.98. The van der Waals surface area contributed by atoms with E-state index in [1.807, 2.05) is 0 Å². The monoisotopic (exact) mass is 234 g/mol. The summed E-state index contributed by atoms with van der Waals surface area (Å²) in [6.45, 7) is 1.49. The Labute approximate surface area is 97.8 Å². The number of rotatable bonds is 4. The lowest BCUT2D eigenvalue weighted by atomic mass is 10.2. The largest absolute Gasteiger partial charge is 0.485 e. The van der Waals surface area contributed by atoms with E-state index >= 15 is 0 Å². The van der Waals surface area contributed by atoms with Crippen LogP contribution < -0.4 is 4.74 Å². The van der Waals surface area contributed by atoms with Gasteiger partial charge in [-0.2, -0.15) is 0 Å². The van der Waals surface area contributed by atoms with E-state index in [0.29, 0.717) is 11.3 Å². The van der Waals surface area contributed by atoms with Crippen LogP contribution in [0.1, 0.15) is 16.1 Å². The third-order valence-electron chi connectivity index (χ3n) is 2.31. The molecule has 1 heterocycles. The van der Waals surface area contributed by atoms with Crippen molar-refractivity contribution in [3.63, 3.8) is 0 Å². The molecule has 88 valence electrons. The van der Waals surface area contributed by atoms with E-state index in [0.717, 1.165) is 0 Å². The SMILES string of the molecule is Cc1ccc(OCC(=O)c2ccco2)cc1F. The van der Waals surface area contributed by atoms with Crippen LogP contribution >= 0.6 is 0 Å². The van der Waals surface area contributed by atoms with Gasteiger partial charge in [-0.3, -0.25) is 4.79 Å². The quantitative estimate of drug-likeness (QED) is 0.763. The average molecular weight is 234 g/mol. The Bertz CT molecular complexity index is 517. The second kappa shape index (κ2) is 4.82. The summed E-state index contributed by atoms with van der Waals surface area (Å²) in [6.07, 6.45) is 1.42. The summed E-state index contributed by atoms with van der Waals surface area (Å²) in [4.78, 5) is 11.5. The maximum atomic E-state index is 13.2. The molecule has 2 aromatic rings. The first-order valence-corrected chi connectivity index (χ1v) is 5.12. The Morgan fingerprint density at radius 3 is 2.88 bits per heavy atom. The van der Waals surface area contributed by atoms with E-state index in [4.69, 9.17) is 9.15 Å². The van der Waals surface area contributed by atoms with Gasteiger partial charge in [-0.05, 0) is 30.7 Å². The summed E-state index contributed by atoms with van der Waals surface area (Å²) in [5.41, 5.74) is 0.537. The molecular weight excluding hydrogens is 223 g/mol. The first-order chi connectivity index (χ1) is 8.16. The van der Waals surface area contributed by atoms with Crippen molar-refractivity contribution >= 4 is 5.78 Å². The van der Waals surface area contributed by atoms with Gasteiger partial charge in [0.15, 0.2) is 12.4 Å². The molecule has 0 spiro atoms. The maximum Gasteiger partial charge on any atom is 0.235 e. The fraction of sp³-hybridized carbons (Fsp3) is 0.154. The van der Waals surface area contributed by atoms with Crippen LogP contribution in [0.25, 0.3) is 0 Å². The number of carbonyl (C=O) groups excluding carboxylic acids is 1. The zero-order valence-corrected chi connectivity index (χ0v) is 9.27. The molecule has 0 aliphatic rings. The Morgan fingerprint density at radius 2 is 2.24 bits per heavy atom. The summed E-state index contributed by atoms with van der Waals surface area (Å²) in [6, 6.07) is 7.65. The minimum absolute atomic E-state index is 0.171. The zero-order valence-electron chi connectivity index (χ0n) is 9.27. The van der Waals surface area contributed by atoms with Gasteiger partial charge in [-0.1, -0.05) is 6.07 Å². The number of benzene rings is 1. The standard InChI is InChI=1S/C13H11FO3/c1-9-4-5-10(7-11(9)14)17-8-12(15)13-3-2-6-16-13/h2-7H,8H2,1H3. The molecule has 0 saturated carbocycles. The summed E-state index contributed by atoms with van der Waals surface area (Å²) in [5.74, 6) is -0.0745. The lowest BCUT2D eigenvalue weighted by Gasteiger charge is -2.05. The van der Waals surface area contributed by atoms with Crippen LogP contribution in [0.5, 0.6) is 5.75 Å².